The lowest BCUT2D eigenvalue weighted by Gasteiger charge is -2.44. The molecule has 0 aliphatic rings. The SMILES string of the molecule is CCCc1ccc(C(=O)C[n+]2ccncc2)cc1.Fc1c(F)c(F)c([B-](c2c(F)c(F)c(F)c(F)c2F)(c2c(F)c(F)c(F)c(F)c2F)c2c(F)c(F)c(F)c(F)c2F)c(F)c1F. The Labute approximate surface area is 338 Å². The molecule has 0 saturated heterocycles. The first kappa shape index (κ1) is 47.6. The average Bonchev–Trinajstić information content (AvgIpc) is 3.27. The predicted octanol–water partition coefficient (Wildman–Crippen LogP) is 8.05. The Bertz CT molecular complexity index is 2410. The van der Waals surface area contributed by atoms with Crippen LogP contribution in [0.5, 0.6) is 0 Å². The molecule has 0 fully saturated rings. The van der Waals surface area contributed by atoms with Gasteiger partial charge in [0.05, 0.1) is 12.4 Å². The number of nitrogens with zero attached hydrogens (tertiary/aromatic N) is 2. The van der Waals surface area contributed by atoms with Crippen molar-refractivity contribution in [1.82, 2.24) is 4.98 Å². The Kier molecular flexibility index (Phi) is 13.7. The normalized spacial score (nSPS) is 11.5. The third kappa shape index (κ3) is 7.83. The number of halogens is 20. The highest BCUT2D eigenvalue weighted by molar-refractivity contribution is 7.20. The Morgan fingerprint density at radius 3 is 0.937 bits per heavy atom. The molecule has 1 heterocycles. The first-order chi connectivity index (χ1) is 29.5. The summed E-state index contributed by atoms with van der Waals surface area (Å²) in [6.45, 7) is 2.51. The first-order valence-corrected chi connectivity index (χ1v) is 17.1. The molecule has 6 rings (SSSR count). The number of benzene rings is 5. The van der Waals surface area contributed by atoms with E-state index in [4.69, 9.17) is 0 Å². The van der Waals surface area contributed by atoms with E-state index >= 15 is 35.1 Å². The van der Waals surface area contributed by atoms with E-state index in [0.29, 0.717) is 6.54 Å². The van der Waals surface area contributed by atoms with Crippen LogP contribution in [-0.2, 0) is 13.0 Å². The smallest absolute Gasteiger partial charge is 0.227 e. The van der Waals surface area contributed by atoms with E-state index in [1.807, 2.05) is 28.8 Å². The van der Waals surface area contributed by atoms with Gasteiger partial charge in [0.25, 0.3) is 0 Å². The second-order valence-electron chi connectivity index (χ2n) is 13.1. The standard InChI is InChI=1S/C24BF20.C15H17N2O/c26-5-1(6(27)14(35)21(42)13(5)34)25(2-7(28)15(36)22(43)16(37)8(2)29,3-9(30)17(38)23(44)18(39)10(3)31)4-11(32)19(40)24(45)20(41)12(4)33;1-2-3-13-4-6-14(7-5-13)15(18)12-17-10-8-16-9-11-17/h;4-11H,2-3,12H2,1H3/q-1;+1. The second-order valence-corrected chi connectivity index (χ2v) is 13.1. The molecule has 0 bridgehead atoms. The van der Waals surface area contributed by atoms with Gasteiger partial charge in [-0.05, 0) is 12.0 Å². The molecule has 0 aliphatic heterocycles. The monoisotopic (exact) mass is 920 g/mol. The minimum Gasteiger partial charge on any atom is -0.287 e. The third-order valence-electron chi connectivity index (χ3n) is 9.54. The molecule has 63 heavy (non-hydrogen) atoms. The van der Waals surface area contributed by atoms with Gasteiger partial charge < -0.3 is 0 Å². The largest absolute Gasteiger partial charge is 0.287 e. The van der Waals surface area contributed by atoms with Gasteiger partial charge in [0.15, 0.2) is 82.2 Å². The van der Waals surface area contributed by atoms with Crippen LogP contribution in [0.3, 0.4) is 0 Å². The van der Waals surface area contributed by atoms with Crippen LogP contribution in [-0.4, -0.2) is 16.9 Å². The van der Waals surface area contributed by atoms with Crippen LogP contribution >= 0.6 is 0 Å². The number of carbonyl (C=O) groups excluding carboxylic acids is 1. The average molecular weight is 920 g/mol. The van der Waals surface area contributed by atoms with Gasteiger partial charge in [-0.15, -0.1) is 21.9 Å². The molecule has 0 saturated carbocycles. The molecule has 0 unspecified atom stereocenters. The third-order valence-corrected chi connectivity index (χ3v) is 9.54. The van der Waals surface area contributed by atoms with Crippen molar-refractivity contribution in [3.63, 3.8) is 0 Å². The van der Waals surface area contributed by atoms with Crippen molar-refractivity contribution in [2.75, 3.05) is 0 Å². The van der Waals surface area contributed by atoms with Crippen LogP contribution in [0.25, 0.3) is 0 Å². The topological polar surface area (TPSA) is 33.8 Å². The van der Waals surface area contributed by atoms with Crippen molar-refractivity contribution < 1.29 is 97.2 Å². The predicted molar refractivity (Wildman–Crippen MR) is 178 cm³/mol. The van der Waals surface area contributed by atoms with Crippen molar-refractivity contribution >= 4 is 33.8 Å². The summed E-state index contributed by atoms with van der Waals surface area (Å²) in [6, 6.07) is 7.89. The van der Waals surface area contributed by atoms with Gasteiger partial charge in [0.2, 0.25) is 12.3 Å². The minimum atomic E-state index is -7.22. The summed E-state index contributed by atoms with van der Waals surface area (Å²) in [6.07, 6.45) is 1.92. The van der Waals surface area contributed by atoms with E-state index < -0.39 is 144 Å². The van der Waals surface area contributed by atoms with Crippen LogP contribution < -0.4 is 26.4 Å². The van der Waals surface area contributed by atoms with Gasteiger partial charge in [-0.25, -0.2) is 87.8 Å². The van der Waals surface area contributed by atoms with Crippen molar-refractivity contribution in [2.24, 2.45) is 0 Å². The molecule has 0 aliphatic carbocycles. The number of Topliss-reactive ketones (excluding diaryl/α,β-unsaturated/α-hetero) is 1. The van der Waals surface area contributed by atoms with Crippen LogP contribution in [0.2, 0.25) is 0 Å². The van der Waals surface area contributed by atoms with Gasteiger partial charge in [0.1, 0.15) is 52.7 Å². The fourth-order valence-corrected chi connectivity index (χ4v) is 6.73. The lowest BCUT2D eigenvalue weighted by Crippen LogP contribution is -2.81. The number of hydrogen-bond donors (Lipinski definition) is 0. The van der Waals surface area contributed by atoms with Gasteiger partial charge >= 0.3 is 0 Å². The summed E-state index contributed by atoms with van der Waals surface area (Å²) < 4.78 is 296. The van der Waals surface area contributed by atoms with Crippen LogP contribution in [0.4, 0.5) is 87.8 Å². The minimum absolute atomic E-state index is 0.120. The van der Waals surface area contributed by atoms with E-state index in [0.717, 1.165) is 18.4 Å². The van der Waals surface area contributed by atoms with Gasteiger partial charge in [-0.2, -0.15) is 4.57 Å². The number of ketones is 1. The molecule has 3 nitrogen and oxygen atoms in total. The lowest BCUT2D eigenvalue weighted by molar-refractivity contribution is -0.683. The number of aromatic nitrogens is 2. The molecule has 0 N–H and O–H groups in total. The fourth-order valence-electron chi connectivity index (χ4n) is 6.73. The molecule has 24 heteroatoms. The molecule has 5 aromatic carbocycles. The Morgan fingerprint density at radius 1 is 0.429 bits per heavy atom. The van der Waals surface area contributed by atoms with Crippen molar-refractivity contribution in [3.05, 3.63) is 177 Å². The maximum absolute atomic E-state index is 15.4. The molecule has 0 spiro atoms. The van der Waals surface area contributed by atoms with Gasteiger partial charge in [-0.1, -0.05) is 37.6 Å². The Morgan fingerprint density at radius 2 is 0.683 bits per heavy atom. The number of rotatable bonds is 9. The Hall–Kier alpha value is -6.49. The zero-order valence-corrected chi connectivity index (χ0v) is 30.7. The Balaban J connectivity index is 0.000000345. The van der Waals surface area contributed by atoms with E-state index in [1.165, 1.54) is 5.56 Å². The van der Waals surface area contributed by atoms with E-state index in [-0.39, 0.29) is 5.78 Å². The van der Waals surface area contributed by atoms with Gasteiger partial charge in [-0.3, -0.25) is 9.78 Å². The molecular formula is C39H17BF20N2O. The summed E-state index contributed by atoms with van der Waals surface area (Å²) in [5.41, 5.74) is -12.3. The summed E-state index contributed by atoms with van der Waals surface area (Å²) in [5, 5.41) is 0. The molecule has 332 valence electrons. The maximum Gasteiger partial charge on any atom is 0.227 e. The number of hydrogen-bond acceptors (Lipinski definition) is 2. The van der Waals surface area contributed by atoms with Gasteiger partial charge in [0, 0.05) is 5.56 Å². The highest BCUT2D eigenvalue weighted by Crippen LogP contribution is 2.30. The molecule has 1 aromatic heterocycles. The van der Waals surface area contributed by atoms with Crippen molar-refractivity contribution in [3.8, 4) is 0 Å². The van der Waals surface area contributed by atoms with Crippen LogP contribution in [0.1, 0.15) is 29.3 Å². The highest BCUT2D eigenvalue weighted by Gasteiger charge is 2.52. The number of aryl methyl sites for hydroxylation is 1. The maximum atomic E-state index is 15.4. The molecule has 0 amide bonds. The summed E-state index contributed by atoms with van der Waals surface area (Å²) in [7, 11) is 0. The summed E-state index contributed by atoms with van der Waals surface area (Å²) in [4.78, 5) is 16.0. The molecule has 6 aromatic rings. The van der Waals surface area contributed by atoms with Crippen molar-refractivity contribution in [2.45, 2.75) is 26.3 Å². The summed E-state index contributed by atoms with van der Waals surface area (Å²) >= 11 is 0. The molecule has 0 atom stereocenters. The first-order valence-electron chi connectivity index (χ1n) is 17.1. The zero-order valence-electron chi connectivity index (χ0n) is 30.7. The van der Waals surface area contributed by atoms with E-state index in [1.54, 1.807) is 24.8 Å². The quantitative estimate of drug-likeness (QED) is 0.0368. The van der Waals surface area contributed by atoms with Crippen molar-refractivity contribution in [1.29, 1.82) is 0 Å². The summed E-state index contributed by atoms with van der Waals surface area (Å²) in [5.74, 6) is -71.3. The lowest BCUT2D eigenvalue weighted by atomic mass is 9.12. The fraction of sp³-hybridized carbons (Fsp3) is 0.103. The highest BCUT2D eigenvalue weighted by atomic mass is 19.2. The molecular weight excluding hydrogens is 903 g/mol. The van der Waals surface area contributed by atoms with E-state index in [9.17, 15) is 57.5 Å². The van der Waals surface area contributed by atoms with Crippen LogP contribution in [0.15, 0.2) is 49.1 Å². The second kappa shape index (κ2) is 18.1. The van der Waals surface area contributed by atoms with E-state index in [2.05, 4.69) is 11.9 Å². The molecule has 0 radical (unpaired) electrons. The number of carbonyl (C=O) groups is 1. The van der Waals surface area contributed by atoms with Crippen LogP contribution in [0, 0.1) is 116 Å². The zero-order chi connectivity index (χ0) is 47.2.